The second-order valence-corrected chi connectivity index (χ2v) is 14.9. The maximum atomic E-state index is 6.56. The highest BCUT2D eigenvalue weighted by atomic mass is 16.3. The highest BCUT2D eigenvalue weighted by Crippen LogP contribution is 2.46. The molecule has 11 rings (SSSR count). The van der Waals surface area contributed by atoms with Gasteiger partial charge in [0.1, 0.15) is 11.2 Å². The van der Waals surface area contributed by atoms with E-state index in [-0.39, 0.29) is 0 Å². The van der Waals surface area contributed by atoms with E-state index in [4.69, 9.17) is 4.42 Å². The van der Waals surface area contributed by atoms with Crippen LogP contribution in [0.1, 0.15) is 0 Å². The minimum absolute atomic E-state index is 0.892. The summed E-state index contributed by atoms with van der Waals surface area (Å²) in [6, 6.07) is 80.7. The third-order valence-corrected chi connectivity index (χ3v) is 11.5. The van der Waals surface area contributed by atoms with Gasteiger partial charge in [-0.1, -0.05) is 176 Å². The lowest BCUT2D eigenvalue weighted by Gasteiger charge is -2.28. The molecule has 10 aromatic carbocycles. The number of para-hydroxylation sites is 2. The van der Waals surface area contributed by atoms with E-state index in [1.165, 1.54) is 49.4 Å². The Hall–Kier alpha value is -7.68. The molecule has 0 aliphatic carbocycles. The molecular formula is C56H37NO. The molecule has 1 heterocycles. The number of hydrogen-bond acceptors (Lipinski definition) is 2. The van der Waals surface area contributed by atoms with Crippen LogP contribution in [-0.2, 0) is 0 Å². The normalized spacial score (nSPS) is 11.4. The van der Waals surface area contributed by atoms with Crippen LogP contribution in [0.15, 0.2) is 229 Å². The van der Waals surface area contributed by atoms with E-state index in [0.29, 0.717) is 0 Å². The van der Waals surface area contributed by atoms with E-state index in [9.17, 15) is 0 Å². The standard InChI is InChI=1S/C56H37NO/c1-3-13-38(14-4-1)40-23-25-41(26-24-40)42-29-31-46(32-30-42)57(53-21-11-9-19-48(53)43-16-5-2-6-17-43)47-33-34-49-52(36-47)51(45-28-27-39-15-7-8-18-44(39)35-45)37-55-56(49)50-20-10-12-22-54(50)58-55/h1-37H. The topological polar surface area (TPSA) is 16.4 Å². The zero-order valence-corrected chi connectivity index (χ0v) is 31.7. The maximum Gasteiger partial charge on any atom is 0.136 e. The fraction of sp³-hybridized carbons (Fsp3) is 0. The van der Waals surface area contributed by atoms with Gasteiger partial charge in [-0.3, -0.25) is 0 Å². The summed E-state index contributed by atoms with van der Waals surface area (Å²) in [5.41, 5.74) is 14.5. The zero-order valence-electron chi connectivity index (χ0n) is 31.7. The zero-order chi connectivity index (χ0) is 38.4. The number of anilines is 3. The predicted octanol–water partition coefficient (Wildman–Crippen LogP) is 16.0. The second kappa shape index (κ2) is 14.1. The molecule has 0 bridgehead atoms. The molecule has 2 nitrogen and oxygen atoms in total. The Morgan fingerprint density at radius 2 is 0.862 bits per heavy atom. The van der Waals surface area contributed by atoms with Gasteiger partial charge >= 0.3 is 0 Å². The number of rotatable bonds is 7. The molecule has 0 aliphatic rings. The van der Waals surface area contributed by atoms with Crippen molar-refractivity contribution in [3.05, 3.63) is 224 Å². The van der Waals surface area contributed by atoms with Crippen LogP contribution in [0.5, 0.6) is 0 Å². The smallest absolute Gasteiger partial charge is 0.136 e. The van der Waals surface area contributed by atoms with E-state index in [1.807, 2.05) is 6.07 Å². The van der Waals surface area contributed by atoms with Crippen molar-refractivity contribution in [1.29, 1.82) is 0 Å². The van der Waals surface area contributed by atoms with Crippen molar-refractivity contribution in [2.75, 3.05) is 4.90 Å². The summed E-state index contributed by atoms with van der Waals surface area (Å²) in [7, 11) is 0. The van der Waals surface area contributed by atoms with E-state index >= 15 is 0 Å². The Kier molecular flexibility index (Phi) is 8.19. The summed E-state index contributed by atoms with van der Waals surface area (Å²) < 4.78 is 6.56. The molecule has 0 spiro atoms. The van der Waals surface area contributed by atoms with Crippen LogP contribution < -0.4 is 4.90 Å². The molecule has 2 heteroatoms. The maximum absolute atomic E-state index is 6.56. The Balaban J connectivity index is 1.11. The van der Waals surface area contributed by atoms with Crippen LogP contribution in [0.3, 0.4) is 0 Å². The van der Waals surface area contributed by atoms with Crippen molar-refractivity contribution in [2.45, 2.75) is 0 Å². The number of nitrogens with zero attached hydrogens (tertiary/aromatic N) is 1. The average Bonchev–Trinajstić information content (AvgIpc) is 3.68. The third kappa shape index (κ3) is 5.91. The Morgan fingerprint density at radius 1 is 0.293 bits per heavy atom. The fourth-order valence-corrected chi connectivity index (χ4v) is 8.61. The van der Waals surface area contributed by atoms with Gasteiger partial charge in [0.15, 0.2) is 0 Å². The van der Waals surface area contributed by atoms with Crippen molar-refractivity contribution in [3.8, 4) is 44.5 Å². The van der Waals surface area contributed by atoms with Crippen LogP contribution in [0.25, 0.3) is 88.0 Å². The molecule has 0 saturated carbocycles. The van der Waals surface area contributed by atoms with E-state index in [0.717, 1.165) is 55.7 Å². The monoisotopic (exact) mass is 739 g/mol. The van der Waals surface area contributed by atoms with Crippen molar-refractivity contribution in [2.24, 2.45) is 0 Å². The summed E-state index contributed by atoms with van der Waals surface area (Å²) >= 11 is 0. The van der Waals surface area contributed by atoms with E-state index < -0.39 is 0 Å². The summed E-state index contributed by atoms with van der Waals surface area (Å²) in [5.74, 6) is 0. The molecule has 0 radical (unpaired) electrons. The Bertz CT molecular complexity index is 3250. The van der Waals surface area contributed by atoms with Gasteiger partial charge in [0.25, 0.3) is 0 Å². The highest BCUT2D eigenvalue weighted by molar-refractivity contribution is 6.22. The van der Waals surface area contributed by atoms with Gasteiger partial charge in [-0.25, -0.2) is 0 Å². The fourth-order valence-electron chi connectivity index (χ4n) is 8.61. The van der Waals surface area contributed by atoms with Gasteiger partial charge in [0, 0.05) is 27.7 Å². The highest BCUT2D eigenvalue weighted by Gasteiger charge is 2.21. The first kappa shape index (κ1) is 33.6. The first-order chi connectivity index (χ1) is 28.7. The molecular weight excluding hydrogens is 703 g/mol. The molecule has 272 valence electrons. The third-order valence-electron chi connectivity index (χ3n) is 11.5. The van der Waals surface area contributed by atoms with Crippen molar-refractivity contribution in [1.82, 2.24) is 0 Å². The first-order valence-electron chi connectivity index (χ1n) is 19.8. The molecule has 58 heavy (non-hydrogen) atoms. The molecule has 0 unspecified atom stereocenters. The largest absolute Gasteiger partial charge is 0.456 e. The molecule has 0 N–H and O–H groups in total. The first-order valence-corrected chi connectivity index (χ1v) is 19.8. The van der Waals surface area contributed by atoms with Crippen LogP contribution >= 0.6 is 0 Å². The SMILES string of the molecule is c1ccc(-c2ccc(-c3ccc(N(c4ccc5c(c4)c(-c4ccc6ccccc6c4)cc4oc6ccccc6c45)c4ccccc4-c4ccccc4)cc3)cc2)cc1. The molecule has 0 saturated heterocycles. The van der Waals surface area contributed by atoms with E-state index in [2.05, 4.69) is 223 Å². The predicted molar refractivity (Wildman–Crippen MR) is 245 cm³/mol. The van der Waals surface area contributed by atoms with Crippen molar-refractivity contribution < 1.29 is 4.42 Å². The Labute approximate surface area is 337 Å². The molecule has 11 aromatic rings. The van der Waals surface area contributed by atoms with Crippen LogP contribution in [0, 0.1) is 0 Å². The van der Waals surface area contributed by atoms with Crippen molar-refractivity contribution >= 4 is 60.5 Å². The van der Waals surface area contributed by atoms with Gasteiger partial charge in [0.2, 0.25) is 0 Å². The molecule has 1 aromatic heterocycles. The summed E-state index contributed by atoms with van der Waals surface area (Å²) in [6.07, 6.45) is 0. The minimum atomic E-state index is 0.892. The van der Waals surface area contributed by atoms with Crippen LogP contribution in [-0.4, -0.2) is 0 Å². The Morgan fingerprint density at radius 3 is 1.62 bits per heavy atom. The summed E-state index contributed by atoms with van der Waals surface area (Å²) in [5, 5.41) is 7.03. The lowest BCUT2D eigenvalue weighted by molar-refractivity contribution is 0.669. The van der Waals surface area contributed by atoms with Crippen molar-refractivity contribution in [3.63, 3.8) is 0 Å². The molecule has 0 atom stereocenters. The van der Waals surface area contributed by atoms with Gasteiger partial charge in [-0.2, -0.15) is 0 Å². The lowest BCUT2D eigenvalue weighted by Crippen LogP contribution is -2.11. The summed E-state index contributed by atoms with van der Waals surface area (Å²) in [4.78, 5) is 2.41. The molecule has 0 fully saturated rings. The minimum Gasteiger partial charge on any atom is -0.456 e. The summed E-state index contributed by atoms with van der Waals surface area (Å²) in [6.45, 7) is 0. The molecule has 0 aliphatic heterocycles. The second-order valence-electron chi connectivity index (χ2n) is 14.9. The number of fused-ring (bicyclic) bond motifs is 6. The average molecular weight is 740 g/mol. The van der Waals surface area contributed by atoms with Crippen LogP contribution in [0.2, 0.25) is 0 Å². The van der Waals surface area contributed by atoms with Gasteiger partial charge in [-0.05, 0) is 109 Å². The van der Waals surface area contributed by atoms with Gasteiger partial charge in [-0.15, -0.1) is 0 Å². The lowest BCUT2D eigenvalue weighted by atomic mass is 9.93. The number of furan rings is 1. The molecule has 0 amide bonds. The number of hydrogen-bond donors (Lipinski definition) is 0. The quantitative estimate of drug-likeness (QED) is 0.162. The van der Waals surface area contributed by atoms with Crippen LogP contribution in [0.4, 0.5) is 17.1 Å². The van der Waals surface area contributed by atoms with Gasteiger partial charge in [0.05, 0.1) is 5.69 Å². The van der Waals surface area contributed by atoms with Gasteiger partial charge < -0.3 is 9.32 Å². The number of benzene rings is 10. The van der Waals surface area contributed by atoms with E-state index in [1.54, 1.807) is 0 Å².